The number of benzene rings is 1. The summed E-state index contributed by atoms with van der Waals surface area (Å²) in [5.74, 6) is 0.376. The molecule has 0 fully saturated rings. The van der Waals surface area contributed by atoms with Gasteiger partial charge in [0.25, 0.3) is 0 Å². The fourth-order valence-electron chi connectivity index (χ4n) is 3.58. The molecule has 0 aliphatic heterocycles. The summed E-state index contributed by atoms with van der Waals surface area (Å²) in [4.78, 5) is 20.4. The van der Waals surface area contributed by atoms with Gasteiger partial charge in [-0.1, -0.05) is 6.92 Å². The minimum absolute atomic E-state index is 0.232. The number of nitrogens with two attached hydrogens (primary N) is 1. The lowest BCUT2D eigenvalue weighted by Gasteiger charge is -2.02. The molecule has 3 N–H and O–H groups in total. The van der Waals surface area contributed by atoms with Crippen molar-refractivity contribution in [3.8, 4) is 17.1 Å². The molecule has 4 aromatic rings. The number of anilines is 1. The largest absolute Gasteiger partial charge is 0.384 e. The van der Waals surface area contributed by atoms with Gasteiger partial charge in [0.05, 0.1) is 22.6 Å². The van der Waals surface area contributed by atoms with E-state index in [0.29, 0.717) is 34.8 Å². The van der Waals surface area contributed by atoms with Crippen LogP contribution in [0, 0.1) is 19.7 Å². The first-order valence-electron chi connectivity index (χ1n) is 9.80. The average molecular weight is 419 g/mol. The Hall–Kier alpha value is -4.01. The predicted octanol–water partition coefficient (Wildman–Crippen LogP) is 3.75. The van der Waals surface area contributed by atoms with Gasteiger partial charge in [-0.2, -0.15) is 5.10 Å². The van der Waals surface area contributed by atoms with Crippen molar-refractivity contribution in [2.45, 2.75) is 27.2 Å². The Labute approximate surface area is 177 Å². The first-order chi connectivity index (χ1) is 14.9. The molecule has 3 heterocycles. The molecule has 158 valence electrons. The Morgan fingerprint density at radius 3 is 2.61 bits per heavy atom. The second-order valence-electron chi connectivity index (χ2n) is 7.10. The number of aromatic nitrogens is 6. The molecule has 0 amide bonds. The average Bonchev–Trinajstić information content (AvgIpc) is 3.25. The molecule has 4 rings (SSSR count). The van der Waals surface area contributed by atoms with Gasteiger partial charge in [0.15, 0.2) is 17.8 Å². The van der Waals surface area contributed by atoms with Crippen LogP contribution in [0.1, 0.15) is 34.2 Å². The number of aryl methyl sites for hydroxylation is 2. The van der Waals surface area contributed by atoms with Crippen molar-refractivity contribution in [1.29, 1.82) is 0 Å². The summed E-state index contributed by atoms with van der Waals surface area (Å²) in [6.45, 7) is 5.58. The molecular formula is C22H22FN7O. The maximum absolute atomic E-state index is 13.4. The summed E-state index contributed by atoms with van der Waals surface area (Å²) in [5, 5.41) is 7.69. The van der Waals surface area contributed by atoms with Crippen LogP contribution >= 0.6 is 0 Å². The number of hydrogen-bond donors (Lipinski definition) is 2. The van der Waals surface area contributed by atoms with Crippen LogP contribution in [0.15, 0.2) is 42.7 Å². The number of H-pyrrole nitrogens is 1. The van der Waals surface area contributed by atoms with Crippen molar-refractivity contribution < 1.29 is 9.18 Å². The zero-order valence-corrected chi connectivity index (χ0v) is 17.4. The standard InChI is InChI=1S/C22H22FN7O/c1-4-17-21(15-5-7-16(23)8-6-15)28-29-10-9-25-20(11-19(24)26-22(17)29)30-14(3)18(12-31)13(2)27-30/h5-12,28H,4,24H2,1-3H3. The second kappa shape index (κ2) is 8.02. The molecule has 0 radical (unpaired) electrons. The van der Waals surface area contributed by atoms with E-state index in [0.717, 1.165) is 23.1 Å². The predicted molar refractivity (Wildman–Crippen MR) is 116 cm³/mol. The Bertz CT molecular complexity index is 1330. The van der Waals surface area contributed by atoms with Gasteiger partial charge in [-0.25, -0.2) is 23.6 Å². The minimum atomic E-state index is -0.295. The third-order valence-corrected chi connectivity index (χ3v) is 5.14. The van der Waals surface area contributed by atoms with E-state index < -0.39 is 0 Å². The quantitative estimate of drug-likeness (QED) is 0.490. The molecule has 0 aliphatic rings. The first kappa shape index (κ1) is 20.3. The van der Waals surface area contributed by atoms with Crippen LogP contribution in [0.4, 0.5) is 10.2 Å². The van der Waals surface area contributed by atoms with Crippen LogP contribution in [0.2, 0.25) is 0 Å². The van der Waals surface area contributed by atoms with Gasteiger partial charge < -0.3 is 5.73 Å². The normalized spacial score (nSPS) is 11.0. The van der Waals surface area contributed by atoms with Crippen LogP contribution in [0.3, 0.4) is 0 Å². The monoisotopic (exact) mass is 419 g/mol. The van der Waals surface area contributed by atoms with E-state index >= 15 is 0 Å². The summed E-state index contributed by atoms with van der Waals surface area (Å²) in [6.07, 6.45) is 4.79. The number of rotatable bonds is 4. The Morgan fingerprint density at radius 2 is 1.97 bits per heavy atom. The lowest BCUT2D eigenvalue weighted by molar-refractivity contribution is 0.112. The molecule has 1 aromatic carbocycles. The highest BCUT2D eigenvalue weighted by atomic mass is 19.1. The van der Waals surface area contributed by atoms with Crippen LogP contribution in [0.5, 0.6) is 0 Å². The van der Waals surface area contributed by atoms with Gasteiger partial charge in [0.1, 0.15) is 11.6 Å². The molecule has 0 saturated heterocycles. The maximum atomic E-state index is 13.4. The highest BCUT2D eigenvalue weighted by molar-refractivity contribution is 5.78. The number of nitrogens with one attached hydrogen (secondary N) is 1. The number of nitrogen functional groups attached to an aromatic ring is 1. The number of hydrogen-bond acceptors (Lipinski definition) is 5. The van der Waals surface area contributed by atoms with Crippen molar-refractivity contribution in [3.63, 3.8) is 0 Å². The summed E-state index contributed by atoms with van der Waals surface area (Å²) >= 11 is 0. The van der Waals surface area contributed by atoms with E-state index in [-0.39, 0.29) is 11.6 Å². The number of carbonyl (C=O) groups is 1. The third kappa shape index (κ3) is 3.65. The van der Waals surface area contributed by atoms with Crippen molar-refractivity contribution >= 4 is 17.8 Å². The molecule has 8 nitrogen and oxygen atoms in total. The lowest BCUT2D eigenvalue weighted by atomic mass is 10.1. The number of aromatic amines is 1. The van der Waals surface area contributed by atoms with E-state index in [9.17, 15) is 9.18 Å². The molecule has 31 heavy (non-hydrogen) atoms. The molecule has 0 atom stereocenters. The van der Waals surface area contributed by atoms with Gasteiger partial charge in [-0.3, -0.25) is 9.89 Å². The number of halogens is 1. The SMILES string of the molecule is CCc1c(-c2ccc(F)cc2)[nH]n2ccnc(-n3nc(C)c(C=O)c3C)cc(N)nc12. The highest BCUT2D eigenvalue weighted by Gasteiger charge is 2.14. The minimum Gasteiger partial charge on any atom is -0.384 e. The Kier molecular flexibility index (Phi) is 5.24. The summed E-state index contributed by atoms with van der Waals surface area (Å²) < 4.78 is 16.7. The highest BCUT2D eigenvalue weighted by Crippen LogP contribution is 2.26. The second-order valence-corrected chi connectivity index (χ2v) is 7.10. The third-order valence-electron chi connectivity index (χ3n) is 5.14. The Morgan fingerprint density at radius 1 is 1.23 bits per heavy atom. The summed E-state index contributed by atoms with van der Waals surface area (Å²) in [5.41, 5.74) is 11.3. The zero-order chi connectivity index (χ0) is 22.1. The smallest absolute Gasteiger partial charge is 0.159 e. The van der Waals surface area contributed by atoms with Gasteiger partial charge >= 0.3 is 0 Å². The summed E-state index contributed by atoms with van der Waals surface area (Å²) in [6, 6.07) is 7.88. The van der Waals surface area contributed by atoms with Crippen molar-refractivity contribution in [2.24, 2.45) is 0 Å². The van der Waals surface area contributed by atoms with Gasteiger partial charge in [0, 0.05) is 29.6 Å². The van der Waals surface area contributed by atoms with E-state index in [1.165, 1.54) is 12.1 Å². The molecule has 0 aliphatic carbocycles. The molecular weight excluding hydrogens is 397 g/mol. The number of carbonyl (C=O) groups excluding carboxylic acids is 1. The fourth-order valence-corrected chi connectivity index (χ4v) is 3.58. The van der Waals surface area contributed by atoms with E-state index in [1.54, 1.807) is 53.6 Å². The first-order valence-corrected chi connectivity index (χ1v) is 9.80. The summed E-state index contributed by atoms with van der Waals surface area (Å²) in [7, 11) is 0. The molecule has 9 heteroatoms. The topological polar surface area (TPSA) is 107 Å². The number of nitrogens with zero attached hydrogens (tertiary/aromatic N) is 5. The fraction of sp³-hybridized carbons (Fsp3) is 0.182. The van der Waals surface area contributed by atoms with Crippen molar-refractivity contribution in [3.05, 3.63) is 71.1 Å². The van der Waals surface area contributed by atoms with Crippen LogP contribution < -0.4 is 5.73 Å². The number of aldehydes is 1. The molecule has 0 saturated carbocycles. The van der Waals surface area contributed by atoms with E-state index in [1.807, 2.05) is 6.92 Å². The van der Waals surface area contributed by atoms with Gasteiger partial charge in [-0.05, 0) is 44.5 Å². The molecule has 0 spiro atoms. The lowest BCUT2D eigenvalue weighted by Crippen LogP contribution is -2.02. The molecule has 3 aromatic heterocycles. The number of fused-ring (bicyclic) bond motifs is 1. The molecule has 0 unspecified atom stereocenters. The van der Waals surface area contributed by atoms with Crippen molar-refractivity contribution in [1.82, 2.24) is 29.4 Å². The van der Waals surface area contributed by atoms with E-state index in [4.69, 9.17) is 5.73 Å². The van der Waals surface area contributed by atoms with Gasteiger partial charge in [0.2, 0.25) is 0 Å². The van der Waals surface area contributed by atoms with Crippen molar-refractivity contribution in [2.75, 3.05) is 5.73 Å². The maximum Gasteiger partial charge on any atom is 0.159 e. The van der Waals surface area contributed by atoms with E-state index in [2.05, 4.69) is 20.2 Å². The van der Waals surface area contributed by atoms with Gasteiger partial charge in [-0.15, -0.1) is 0 Å². The van der Waals surface area contributed by atoms with Crippen LogP contribution in [0.25, 0.3) is 22.7 Å². The van der Waals surface area contributed by atoms with Crippen LogP contribution in [-0.2, 0) is 6.42 Å². The molecule has 0 bridgehead atoms. The Balaban J connectivity index is 1.93. The zero-order valence-electron chi connectivity index (χ0n) is 17.4. The van der Waals surface area contributed by atoms with Crippen LogP contribution in [-0.4, -0.2) is 35.6 Å².